The van der Waals surface area contributed by atoms with Crippen molar-refractivity contribution >= 4 is 17.4 Å². The second-order valence-corrected chi connectivity index (χ2v) is 4.73. The van der Waals surface area contributed by atoms with Gasteiger partial charge in [0.05, 0.1) is 0 Å². The number of hydrogen-bond donors (Lipinski definition) is 1. The Morgan fingerprint density at radius 3 is 2.75 bits per heavy atom. The van der Waals surface area contributed by atoms with Gasteiger partial charge in [0.25, 0.3) is 0 Å². The van der Waals surface area contributed by atoms with Crippen molar-refractivity contribution < 1.29 is 4.79 Å². The van der Waals surface area contributed by atoms with Gasteiger partial charge in [-0.25, -0.2) is 0 Å². The molecule has 0 heterocycles. The molecule has 1 rings (SSSR count). The molecule has 0 aliphatic carbocycles. The standard InChI is InChI=1S/C13H18ClNO/c1-9-3-5-11(13(14)7-9)8-12(16)6-4-10(2)15/h3,5,7,10H,4,6,8,15H2,1-2H3. The molecule has 88 valence electrons. The zero-order valence-corrected chi connectivity index (χ0v) is 10.6. The zero-order valence-electron chi connectivity index (χ0n) is 9.79. The van der Waals surface area contributed by atoms with Gasteiger partial charge in [0.15, 0.2) is 0 Å². The summed E-state index contributed by atoms with van der Waals surface area (Å²) < 4.78 is 0. The molecule has 1 aromatic rings. The van der Waals surface area contributed by atoms with Gasteiger partial charge in [0, 0.05) is 23.9 Å². The van der Waals surface area contributed by atoms with Crippen LogP contribution >= 0.6 is 11.6 Å². The van der Waals surface area contributed by atoms with E-state index in [2.05, 4.69) is 0 Å². The number of carbonyl (C=O) groups is 1. The SMILES string of the molecule is Cc1ccc(CC(=O)CCC(C)N)c(Cl)c1. The van der Waals surface area contributed by atoms with Gasteiger partial charge in [0.2, 0.25) is 0 Å². The molecule has 0 saturated heterocycles. The third-order valence-corrected chi connectivity index (χ3v) is 2.83. The van der Waals surface area contributed by atoms with Crippen LogP contribution in [0.5, 0.6) is 0 Å². The fraction of sp³-hybridized carbons (Fsp3) is 0.462. The van der Waals surface area contributed by atoms with Crippen LogP contribution in [0.4, 0.5) is 0 Å². The molecule has 0 radical (unpaired) electrons. The summed E-state index contributed by atoms with van der Waals surface area (Å²) in [5, 5.41) is 0.675. The predicted octanol–water partition coefficient (Wildman–Crippen LogP) is 2.89. The molecular formula is C13H18ClNO. The lowest BCUT2D eigenvalue weighted by Gasteiger charge is -2.06. The first-order chi connectivity index (χ1) is 7.49. The third-order valence-electron chi connectivity index (χ3n) is 2.47. The van der Waals surface area contributed by atoms with E-state index in [0.717, 1.165) is 17.5 Å². The Labute approximate surface area is 102 Å². The summed E-state index contributed by atoms with van der Waals surface area (Å²) in [6.45, 7) is 3.89. The second kappa shape index (κ2) is 6.02. The topological polar surface area (TPSA) is 43.1 Å². The van der Waals surface area contributed by atoms with E-state index in [4.69, 9.17) is 17.3 Å². The van der Waals surface area contributed by atoms with Crippen molar-refractivity contribution in [2.24, 2.45) is 5.73 Å². The number of nitrogens with two attached hydrogens (primary N) is 1. The quantitative estimate of drug-likeness (QED) is 0.859. The molecule has 1 aromatic carbocycles. The van der Waals surface area contributed by atoms with E-state index in [1.807, 2.05) is 32.0 Å². The van der Waals surface area contributed by atoms with Crippen LogP contribution < -0.4 is 5.73 Å². The van der Waals surface area contributed by atoms with Gasteiger partial charge in [-0.3, -0.25) is 4.79 Å². The molecule has 16 heavy (non-hydrogen) atoms. The number of Topliss-reactive ketones (excluding diaryl/α,β-unsaturated/α-hetero) is 1. The van der Waals surface area contributed by atoms with Crippen LogP contribution in [0.2, 0.25) is 5.02 Å². The van der Waals surface area contributed by atoms with Crippen LogP contribution in [0.15, 0.2) is 18.2 Å². The van der Waals surface area contributed by atoms with Gasteiger partial charge in [0.1, 0.15) is 5.78 Å². The van der Waals surface area contributed by atoms with Gasteiger partial charge in [-0.1, -0.05) is 23.7 Å². The normalized spacial score (nSPS) is 12.5. The Balaban J connectivity index is 2.56. The fourth-order valence-corrected chi connectivity index (χ4v) is 1.79. The highest BCUT2D eigenvalue weighted by atomic mass is 35.5. The van der Waals surface area contributed by atoms with Crippen LogP contribution in [0.3, 0.4) is 0 Å². The molecule has 0 aromatic heterocycles. The summed E-state index contributed by atoms with van der Waals surface area (Å²) in [6, 6.07) is 5.86. The van der Waals surface area contributed by atoms with E-state index in [1.54, 1.807) is 0 Å². The minimum Gasteiger partial charge on any atom is -0.328 e. The van der Waals surface area contributed by atoms with Crippen molar-refractivity contribution in [3.05, 3.63) is 34.3 Å². The molecule has 1 atom stereocenters. The van der Waals surface area contributed by atoms with Crippen LogP contribution in [0, 0.1) is 6.92 Å². The maximum absolute atomic E-state index is 11.6. The first kappa shape index (κ1) is 13.2. The van der Waals surface area contributed by atoms with E-state index in [1.165, 1.54) is 0 Å². The van der Waals surface area contributed by atoms with Crippen molar-refractivity contribution in [1.82, 2.24) is 0 Å². The molecule has 0 spiro atoms. The Hall–Kier alpha value is -0.860. The summed E-state index contributed by atoms with van der Waals surface area (Å²) >= 11 is 6.06. The van der Waals surface area contributed by atoms with Crippen LogP contribution in [-0.4, -0.2) is 11.8 Å². The minimum atomic E-state index is 0.0810. The molecule has 1 unspecified atom stereocenters. The van der Waals surface area contributed by atoms with Crippen molar-refractivity contribution in [3.63, 3.8) is 0 Å². The first-order valence-corrected chi connectivity index (χ1v) is 5.89. The zero-order chi connectivity index (χ0) is 12.1. The molecule has 3 heteroatoms. The monoisotopic (exact) mass is 239 g/mol. The number of rotatable bonds is 5. The second-order valence-electron chi connectivity index (χ2n) is 4.33. The van der Waals surface area contributed by atoms with Crippen LogP contribution in [0.25, 0.3) is 0 Å². The molecule has 0 fully saturated rings. The number of halogens is 1. The minimum absolute atomic E-state index is 0.0810. The number of aryl methyl sites for hydroxylation is 1. The number of hydrogen-bond acceptors (Lipinski definition) is 2. The Morgan fingerprint density at radius 2 is 2.19 bits per heavy atom. The van der Waals surface area contributed by atoms with Crippen molar-refractivity contribution in [2.75, 3.05) is 0 Å². The summed E-state index contributed by atoms with van der Waals surface area (Å²) in [4.78, 5) is 11.6. The van der Waals surface area contributed by atoms with Crippen molar-refractivity contribution in [1.29, 1.82) is 0 Å². The molecule has 0 amide bonds. The first-order valence-electron chi connectivity index (χ1n) is 5.51. The molecule has 0 aliphatic heterocycles. The lowest BCUT2D eigenvalue weighted by atomic mass is 10.0. The fourth-order valence-electron chi connectivity index (χ4n) is 1.49. The summed E-state index contributed by atoms with van der Waals surface area (Å²) in [7, 11) is 0. The highest BCUT2D eigenvalue weighted by Gasteiger charge is 2.08. The maximum atomic E-state index is 11.6. The molecule has 0 aliphatic rings. The third kappa shape index (κ3) is 4.33. The average Bonchev–Trinajstić information content (AvgIpc) is 2.19. The average molecular weight is 240 g/mol. The highest BCUT2D eigenvalue weighted by molar-refractivity contribution is 6.31. The molecule has 2 nitrogen and oxygen atoms in total. The van der Waals surface area contributed by atoms with Gasteiger partial charge in [-0.2, -0.15) is 0 Å². The van der Waals surface area contributed by atoms with Gasteiger partial charge in [-0.05, 0) is 37.5 Å². The number of ketones is 1. The van der Waals surface area contributed by atoms with Crippen molar-refractivity contribution in [3.8, 4) is 0 Å². The highest BCUT2D eigenvalue weighted by Crippen LogP contribution is 2.18. The molecule has 0 saturated carbocycles. The van der Waals surface area contributed by atoms with E-state index in [9.17, 15) is 4.79 Å². The van der Waals surface area contributed by atoms with E-state index in [0.29, 0.717) is 17.9 Å². The smallest absolute Gasteiger partial charge is 0.137 e. The molecular weight excluding hydrogens is 222 g/mol. The van der Waals surface area contributed by atoms with Crippen LogP contribution in [0.1, 0.15) is 30.9 Å². The summed E-state index contributed by atoms with van der Waals surface area (Å²) in [5.41, 5.74) is 7.62. The van der Waals surface area contributed by atoms with Gasteiger partial charge >= 0.3 is 0 Å². The van der Waals surface area contributed by atoms with E-state index in [-0.39, 0.29) is 11.8 Å². The lowest BCUT2D eigenvalue weighted by Crippen LogP contribution is -2.17. The maximum Gasteiger partial charge on any atom is 0.137 e. The van der Waals surface area contributed by atoms with Crippen LogP contribution in [-0.2, 0) is 11.2 Å². The predicted molar refractivity (Wildman–Crippen MR) is 67.8 cm³/mol. The molecule has 0 bridgehead atoms. The largest absolute Gasteiger partial charge is 0.328 e. The summed E-state index contributed by atoms with van der Waals surface area (Å²) in [6.07, 6.45) is 1.68. The number of carbonyl (C=O) groups excluding carboxylic acids is 1. The number of benzene rings is 1. The van der Waals surface area contributed by atoms with E-state index >= 15 is 0 Å². The Morgan fingerprint density at radius 1 is 1.50 bits per heavy atom. The Kier molecular flexibility index (Phi) is 4.97. The van der Waals surface area contributed by atoms with Gasteiger partial charge < -0.3 is 5.73 Å². The lowest BCUT2D eigenvalue weighted by molar-refractivity contribution is -0.118. The van der Waals surface area contributed by atoms with Gasteiger partial charge in [-0.15, -0.1) is 0 Å². The van der Waals surface area contributed by atoms with E-state index < -0.39 is 0 Å². The summed E-state index contributed by atoms with van der Waals surface area (Å²) in [5.74, 6) is 0.197. The Bertz CT molecular complexity index is 374. The molecule has 2 N–H and O–H groups in total. The van der Waals surface area contributed by atoms with Crippen molar-refractivity contribution in [2.45, 2.75) is 39.2 Å².